The van der Waals surface area contributed by atoms with Gasteiger partial charge in [-0.15, -0.1) is 0 Å². The van der Waals surface area contributed by atoms with Crippen molar-refractivity contribution in [3.05, 3.63) is 0 Å². The van der Waals surface area contributed by atoms with Crippen LogP contribution in [0.25, 0.3) is 0 Å². The van der Waals surface area contributed by atoms with Gasteiger partial charge in [-0.25, -0.2) is 9.59 Å². The lowest BCUT2D eigenvalue weighted by molar-refractivity contribution is -0.122. The number of hydrogen-bond acceptors (Lipinski definition) is 8. The van der Waals surface area contributed by atoms with Crippen LogP contribution in [0.5, 0.6) is 0 Å². The van der Waals surface area contributed by atoms with Gasteiger partial charge in [-0.3, -0.25) is 19.2 Å². The molecule has 0 aromatic carbocycles. The zero-order valence-electron chi connectivity index (χ0n) is 25.8. The van der Waals surface area contributed by atoms with Crippen molar-refractivity contribution in [3.63, 3.8) is 0 Å². The van der Waals surface area contributed by atoms with Crippen LogP contribution in [0, 0.1) is 0 Å². The lowest BCUT2D eigenvalue weighted by atomic mass is 10.0. The first kappa shape index (κ1) is 39.0. The second-order valence-corrected chi connectivity index (χ2v) is 15.5. The fourth-order valence-electron chi connectivity index (χ4n) is 5.63. The van der Waals surface area contributed by atoms with E-state index in [1.165, 1.54) is 0 Å². The van der Waals surface area contributed by atoms with Crippen LogP contribution < -0.4 is 42.5 Å². The van der Waals surface area contributed by atoms with Crippen LogP contribution >= 0.6 is 68.7 Å². The zero-order valence-corrected chi connectivity index (χ0v) is 31.7. The molecule has 0 spiro atoms. The highest BCUT2D eigenvalue weighted by Gasteiger charge is 2.43. The predicted octanol–water partition coefficient (Wildman–Crippen LogP) is 0.759. The second-order valence-electron chi connectivity index (χ2n) is 11.4. The molecule has 46 heavy (non-hydrogen) atoms. The number of fused-ring (bicyclic) bond motifs is 2. The molecule has 0 aromatic rings. The first-order chi connectivity index (χ1) is 22.2. The Kier molecular flexibility index (Phi) is 18.3. The van der Waals surface area contributed by atoms with Gasteiger partial charge in [0.25, 0.3) is 0 Å². The molecule has 4 saturated heterocycles. The van der Waals surface area contributed by atoms with Crippen LogP contribution in [-0.2, 0) is 19.2 Å². The Morgan fingerprint density at radius 2 is 0.957 bits per heavy atom. The summed E-state index contributed by atoms with van der Waals surface area (Å²) >= 11 is 7.79. The molecule has 6 atom stereocenters. The first-order valence-electron chi connectivity index (χ1n) is 15.8. The van der Waals surface area contributed by atoms with Crippen LogP contribution in [0.15, 0.2) is 0 Å². The topological polar surface area (TPSA) is 199 Å². The second kappa shape index (κ2) is 21.5. The van der Waals surface area contributed by atoms with E-state index in [0.717, 1.165) is 50.0 Å². The Balaban J connectivity index is 0.000000250. The van der Waals surface area contributed by atoms with Gasteiger partial charge in [0.15, 0.2) is 0 Å². The molecule has 1 unspecified atom stereocenters. The van der Waals surface area contributed by atoms with E-state index >= 15 is 0 Å². The number of nitrogens with one attached hydrogen (secondary N) is 8. The van der Waals surface area contributed by atoms with Gasteiger partial charge in [-0.2, -0.15) is 23.5 Å². The molecule has 0 bridgehead atoms. The quantitative estimate of drug-likeness (QED) is 0.0427. The van der Waals surface area contributed by atoms with Gasteiger partial charge in [0.2, 0.25) is 23.6 Å². The predicted molar refractivity (Wildman–Crippen MR) is 198 cm³/mol. The highest BCUT2D eigenvalue weighted by atomic mass is 127. The molecule has 8 amide bonds. The highest BCUT2D eigenvalue weighted by Crippen LogP contribution is 2.34. The number of thioether (sulfide) groups is 2. The van der Waals surface area contributed by atoms with Gasteiger partial charge in [-0.1, -0.05) is 58.0 Å². The molecule has 4 fully saturated rings. The van der Waals surface area contributed by atoms with Gasteiger partial charge in [0.1, 0.15) is 0 Å². The van der Waals surface area contributed by atoms with Crippen molar-refractivity contribution >= 4 is 104 Å². The number of alkyl halides is 2. The number of carbonyl (C=O) groups is 6. The summed E-state index contributed by atoms with van der Waals surface area (Å²) in [5.74, 6) is 1.97. The summed E-state index contributed by atoms with van der Waals surface area (Å²) in [6.45, 7) is 1.90. The molecule has 4 rings (SSSR count). The SMILES string of the molecule is O=C(CI)NCCNC(=O)CCCCC1SC[C@@H]2NC(=O)N[C@H]12.O=C(CI)NCCNC(=O)CCCC[C@@H]1SC[C@@H]2NC(=O)N[C@@H]21. The minimum absolute atomic E-state index is 0.0132. The summed E-state index contributed by atoms with van der Waals surface area (Å²) in [5.41, 5.74) is 0. The number of unbranched alkanes of at least 4 members (excludes halogenated alkanes) is 2. The van der Waals surface area contributed by atoms with E-state index in [1.54, 1.807) is 0 Å². The normalized spacial score (nSPS) is 25.4. The van der Waals surface area contributed by atoms with Crippen LogP contribution in [0.2, 0.25) is 0 Å². The smallest absolute Gasteiger partial charge is 0.315 e. The van der Waals surface area contributed by atoms with Crippen molar-refractivity contribution in [1.29, 1.82) is 0 Å². The first-order valence-corrected chi connectivity index (χ1v) is 20.9. The van der Waals surface area contributed by atoms with Crippen molar-refractivity contribution in [2.75, 3.05) is 46.5 Å². The maximum absolute atomic E-state index is 11.7. The van der Waals surface area contributed by atoms with Gasteiger partial charge in [0, 0.05) is 61.0 Å². The minimum Gasteiger partial charge on any atom is -0.354 e. The van der Waals surface area contributed by atoms with E-state index in [-0.39, 0.29) is 59.9 Å². The molecule has 260 valence electrons. The van der Waals surface area contributed by atoms with E-state index in [2.05, 4.69) is 42.5 Å². The van der Waals surface area contributed by atoms with Crippen molar-refractivity contribution in [3.8, 4) is 0 Å². The molecule has 0 saturated carbocycles. The number of amides is 8. The molecule has 8 N–H and O–H groups in total. The van der Waals surface area contributed by atoms with Crippen LogP contribution in [0.4, 0.5) is 9.59 Å². The number of hydrogen-bond donors (Lipinski definition) is 8. The molecule has 0 aliphatic carbocycles. The molecule has 0 aromatic heterocycles. The summed E-state index contributed by atoms with van der Waals surface area (Å²) in [7, 11) is 0. The lowest BCUT2D eigenvalue weighted by Crippen LogP contribution is -2.36. The summed E-state index contributed by atoms with van der Waals surface area (Å²) < 4.78 is 0.866. The van der Waals surface area contributed by atoms with Crippen molar-refractivity contribution in [1.82, 2.24) is 42.5 Å². The molecule has 4 aliphatic rings. The third-order valence-electron chi connectivity index (χ3n) is 7.94. The molecular weight excluding hydrogens is 862 g/mol. The van der Waals surface area contributed by atoms with Gasteiger partial charge in [-0.05, 0) is 25.7 Å². The molecule has 18 heteroatoms. The van der Waals surface area contributed by atoms with E-state index in [4.69, 9.17) is 0 Å². The fourth-order valence-corrected chi connectivity index (χ4v) is 9.25. The average Bonchev–Trinajstić information content (AvgIpc) is 3.80. The monoisotopic (exact) mass is 908 g/mol. The number of urea groups is 2. The maximum atomic E-state index is 11.7. The molecule has 4 aliphatic heterocycles. The van der Waals surface area contributed by atoms with Gasteiger partial charge in [0.05, 0.1) is 33.0 Å². The lowest BCUT2D eigenvalue weighted by Gasteiger charge is -2.16. The van der Waals surface area contributed by atoms with Crippen LogP contribution in [0.1, 0.15) is 51.4 Å². The maximum Gasteiger partial charge on any atom is 0.315 e. The minimum atomic E-state index is -0.0562. The Labute approximate surface area is 306 Å². The molecule has 0 radical (unpaired) electrons. The van der Waals surface area contributed by atoms with Crippen molar-refractivity contribution in [2.45, 2.75) is 86.0 Å². The van der Waals surface area contributed by atoms with Gasteiger partial charge < -0.3 is 42.5 Å². The molecule has 14 nitrogen and oxygen atoms in total. The van der Waals surface area contributed by atoms with E-state index in [9.17, 15) is 28.8 Å². The number of rotatable bonds is 18. The zero-order chi connectivity index (χ0) is 33.3. The summed E-state index contributed by atoms with van der Waals surface area (Å²) in [6.07, 6.45) is 6.72. The van der Waals surface area contributed by atoms with Crippen molar-refractivity contribution < 1.29 is 28.8 Å². The Bertz CT molecular complexity index is 983. The number of halogens is 2. The van der Waals surface area contributed by atoms with E-state index in [1.807, 2.05) is 68.7 Å². The third kappa shape index (κ3) is 14.0. The number of carbonyl (C=O) groups excluding carboxylic acids is 6. The average molecular weight is 909 g/mol. The molecule has 4 heterocycles. The van der Waals surface area contributed by atoms with Gasteiger partial charge >= 0.3 is 12.1 Å². The summed E-state index contributed by atoms with van der Waals surface area (Å²) in [5, 5.41) is 23.8. The largest absolute Gasteiger partial charge is 0.354 e. The van der Waals surface area contributed by atoms with Crippen LogP contribution in [0.3, 0.4) is 0 Å². The Morgan fingerprint density at radius 3 is 1.33 bits per heavy atom. The van der Waals surface area contributed by atoms with E-state index < -0.39 is 0 Å². The summed E-state index contributed by atoms with van der Waals surface area (Å²) in [6, 6.07) is 0.890. The van der Waals surface area contributed by atoms with Crippen LogP contribution in [-0.4, -0.2) is 117 Å². The van der Waals surface area contributed by atoms with E-state index in [0.29, 0.717) is 58.4 Å². The molecular formula is C28H46I2N8O6S2. The third-order valence-corrected chi connectivity index (χ3v) is 12.3. The fraction of sp³-hybridized carbons (Fsp3) is 0.786. The van der Waals surface area contributed by atoms with Crippen molar-refractivity contribution in [2.24, 2.45) is 0 Å². The Hall–Kier alpha value is -1.42. The standard InChI is InChI=1S/2C14H23IN4O3S/c2*15-7-12(21)17-6-5-16-11(20)4-2-1-3-10-13-9(8-23-10)18-14(22)19-13/h2*9-10,13H,1-8H2,(H,16,20)(H,17,21)(H2,18,19,22)/t9-,10?,13-;9-,10-,13-/m00/s1. The summed E-state index contributed by atoms with van der Waals surface area (Å²) in [4.78, 5) is 68.0. The highest BCUT2D eigenvalue weighted by molar-refractivity contribution is 14.1. The Morgan fingerprint density at radius 1 is 0.587 bits per heavy atom.